The normalized spacial score (nSPS) is 12.8. The zero-order chi connectivity index (χ0) is 21.9. The lowest BCUT2D eigenvalue weighted by Gasteiger charge is -2.31. The number of nitrogens with zero attached hydrogens (tertiary/aromatic N) is 1. The van der Waals surface area contributed by atoms with E-state index in [4.69, 9.17) is 0 Å². The highest BCUT2D eigenvalue weighted by atomic mass is 32.2. The summed E-state index contributed by atoms with van der Waals surface area (Å²) in [4.78, 5) is 27.6. The summed E-state index contributed by atoms with van der Waals surface area (Å²) < 4.78 is 13.8. The Morgan fingerprint density at radius 1 is 1.03 bits per heavy atom. The van der Waals surface area contributed by atoms with E-state index < -0.39 is 6.04 Å². The molecule has 0 radical (unpaired) electrons. The first-order valence-electron chi connectivity index (χ1n) is 10.4. The van der Waals surface area contributed by atoms with E-state index in [1.807, 2.05) is 51.1 Å². The van der Waals surface area contributed by atoms with Gasteiger partial charge in [-0.25, -0.2) is 4.39 Å². The van der Waals surface area contributed by atoms with Gasteiger partial charge >= 0.3 is 0 Å². The molecule has 0 fully saturated rings. The van der Waals surface area contributed by atoms with Crippen LogP contribution in [0.1, 0.15) is 44.7 Å². The Kier molecular flexibility index (Phi) is 9.87. The van der Waals surface area contributed by atoms with Crippen LogP contribution in [-0.2, 0) is 21.9 Å². The van der Waals surface area contributed by atoms with Gasteiger partial charge in [-0.1, -0.05) is 62.4 Å². The first-order chi connectivity index (χ1) is 14.5. The molecule has 0 bridgehead atoms. The van der Waals surface area contributed by atoms with Crippen molar-refractivity contribution in [2.45, 2.75) is 58.0 Å². The summed E-state index contributed by atoms with van der Waals surface area (Å²) in [6.07, 6.45) is 1.35. The van der Waals surface area contributed by atoms with Gasteiger partial charge in [-0.15, -0.1) is 11.8 Å². The van der Waals surface area contributed by atoms with Gasteiger partial charge in [0, 0.05) is 18.3 Å². The number of carbonyl (C=O) groups is 2. The molecule has 2 atom stereocenters. The van der Waals surface area contributed by atoms with Gasteiger partial charge in [0.1, 0.15) is 11.9 Å². The number of benzene rings is 2. The maximum Gasteiger partial charge on any atom is 0.243 e. The fraction of sp³-hybridized carbons (Fsp3) is 0.417. The van der Waals surface area contributed by atoms with Crippen LogP contribution in [0, 0.1) is 5.82 Å². The Morgan fingerprint density at radius 3 is 2.33 bits per heavy atom. The fourth-order valence-corrected chi connectivity index (χ4v) is 3.98. The van der Waals surface area contributed by atoms with Crippen molar-refractivity contribution in [3.8, 4) is 0 Å². The van der Waals surface area contributed by atoms with E-state index in [-0.39, 0.29) is 29.4 Å². The zero-order valence-electron chi connectivity index (χ0n) is 17.9. The molecule has 0 spiro atoms. The van der Waals surface area contributed by atoms with Crippen molar-refractivity contribution in [2.24, 2.45) is 0 Å². The quantitative estimate of drug-likeness (QED) is 0.558. The molecule has 2 rings (SSSR count). The molecule has 2 amide bonds. The summed E-state index contributed by atoms with van der Waals surface area (Å²) in [5, 5.41) is 3.00. The van der Waals surface area contributed by atoms with Gasteiger partial charge < -0.3 is 10.2 Å². The number of halogens is 1. The summed E-state index contributed by atoms with van der Waals surface area (Å²) >= 11 is 1.36. The maximum atomic E-state index is 13.8. The van der Waals surface area contributed by atoms with Crippen molar-refractivity contribution in [1.29, 1.82) is 0 Å². The number of carbonyl (C=O) groups excluding carboxylic acids is 2. The Hall–Kier alpha value is -2.34. The van der Waals surface area contributed by atoms with Crippen LogP contribution in [0.2, 0.25) is 0 Å². The Morgan fingerprint density at radius 2 is 1.70 bits per heavy atom. The van der Waals surface area contributed by atoms with Crippen LogP contribution >= 0.6 is 11.8 Å². The number of nitrogens with one attached hydrogen (secondary N) is 1. The van der Waals surface area contributed by atoms with Crippen LogP contribution in [0.25, 0.3) is 0 Å². The predicted molar refractivity (Wildman–Crippen MR) is 122 cm³/mol. The fourth-order valence-electron chi connectivity index (χ4n) is 3.09. The van der Waals surface area contributed by atoms with Gasteiger partial charge in [0.15, 0.2) is 0 Å². The van der Waals surface area contributed by atoms with Crippen LogP contribution in [0.15, 0.2) is 54.6 Å². The second kappa shape index (κ2) is 12.4. The molecular weight excluding hydrogens is 399 g/mol. The molecule has 0 heterocycles. The lowest BCUT2D eigenvalue weighted by Crippen LogP contribution is -2.51. The maximum absolute atomic E-state index is 13.8. The van der Waals surface area contributed by atoms with Gasteiger partial charge in [-0.3, -0.25) is 9.59 Å². The van der Waals surface area contributed by atoms with Gasteiger partial charge in [-0.05, 0) is 37.0 Å². The largest absolute Gasteiger partial charge is 0.352 e. The minimum atomic E-state index is -0.541. The standard InChI is InChI=1S/C24H31FN2O2S/c1-4-18(3)26-24(29)22(5-2)27(15-19-11-7-6-8-12-19)23(28)17-30-16-20-13-9-10-14-21(20)25/h6-14,18,22H,4-5,15-17H2,1-3H3,(H,26,29)/t18-,22-/m1/s1. The molecule has 2 aromatic carbocycles. The Balaban J connectivity index is 2.11. The summed E-state index contributed by atoms with van der Waals surface area (Å²) in [5.74, 6) is 0.0846. The van der Waals surface area contributed by atoms with Crippen molar-refractivity contribution in [3.05, 3.63) is 71.5 Å². The van der Waals surface area contributed by atoms with Crippen molar-refractivity contribution in [3.63, 3.8) is 0 Å². The number of hydrogen-bond donors (Lipinski definition) is 1. The zero-order valence-corrected chi connectivity index (χ0v) is 18.8. The van der Waals surface area contributed by atoms with E-state index in [0.29, 0.717) is 24.3 Å². The Labute approximate surface area is 183 Å². The number of thioether (sulfide) groups is 1. The van der Waals surface area contributed by atoms with Gasteiger partial charge in [0.2, 0.25) is 11.8 Å². The molecule has 1 N–H and O–H groups in total. The average molecular weight is 431 g/mol. The SMILES string of the molecule is CC[C@@H](C)NC(=O)[C@@H](CC)N(Cc1ccccc1)C(=O)CSCc1ccccc1F. The van der Waals surface area contributed by atoms with Crippen LogP contribution in [0.5, 0.6) is 0 Å². The van der Waals surface area contributed by atoms with Crippen molar-refractivity contribution < 1.29 is 14.0 Å². The first kappa shape index (κ1) is 23.9. The minimum Gasteiger partial charge on any atom is -0.352 e. The molecular formula is C24H31FN2O2S. The molecule has 0 aliphatic heterocycles. The summed E-state index contributed by atoms with van der Waals surface area (Å²) in [6.45, 7) is 6.25. The van der Waals surface area contributed by atoms with E-state index in [2.05, 4.69) is 5.32 Å². The molecule has 0 saturated carbocycles. The van der Waals surface area contributed by atoms with Crippen LogP contribution in [0.3, 0.4) is 0 Å². The van der Waals surface area contributed by atoms with Crippen molar-refractivity contribution in [2.75, 3.05) is 5.75 Å². The third-order valence-corrected chi connectivity index (χ3v) is 5.99. The molecule has 0 aliphatic rings. The van der Waals surface area contributed by atoms with E-state index in [0.717, 1.165) is 12.0 Å². The van der Waals surface area contributed by atoms with Crippen LogP contribution in [0.4, 0.5) is 4.39 Å². The van der Waals surface area contributed by atoms with Gasteiger partial charge in [0.25, 0.3) is 0 Å². The molecule has 0 saturated heterocycles. The molecule has 4 nitrogen and oxygen atoms in total. The molecule has 0 unspecified atom stereocenters. The predicted octanol–water partition coefficient (Wildman–Crippen LogP) is 4.78. The van der Waals surface area contributed by atoms with E-state index in [9.17, 15) is 14.0 Å². The second-order valence-electron chi connectivity index (χ2n) is 7.33. The molecule has 30 heavy (non-hydrogen) atoms. The monoisotopic (exact) mass is 430 g/mol. The lowest BCUT2D eigenvalue weighted by atomic mass is 10.1. The van der Waals surface area contributed by atoms with E-state index in [1.54, 1.807) is 23.1 Å². The summed E-state index contributed by atoms with van der Waals surface area (Å²) in [7, 11) is 0. The third kappa shape index (κ3) is 7.17. The summed E-state index contributed by atoms with van der Waals surface area (Å²) in [5.41, 5.74) is 1.55. The molecule has 162 valence electrons. The smallest absolute Gasteiger partial charge is 0.243 e. The average Bonchev–Trinajstić information content (AvgIpc) is 2.75. The number of hydrogen-bond acceptors (Lipinski definition) is 3. The van der Waals surface area contributed by atoms with Gasteiger partial charge in [0.05, 0.1) is 5.75 Å². The molecule has 2 aromatic rings. The molecule has 0 aliphatic carbocycles. The first-order valence-corrected chi connectivity index (χ1v) is 11.6. The van der Waals surface area contributed by atoms with E-state index >= 15 is 0 Å². The van der Waals surface area contributed by atoms with Crippen molar-refractivity contribution in [1.82, 2.24) is 10.2 Å². The highest BCUT2D eigenvalue weighted by Gasteiger charge is 2.29. The highest BCUT2D eigenvalue weighted by molar-refractivity contribution is 7.99. The van der Waals surface area contributed by atoms with Crippen LogP contribution in [-0.4, -0.2) is 34.6 Å². The van der Waals surface area contributed by atoms with Gasteiger partial charge in [-0.2, -0.15) is 0 Å². The Bertz CT molecular complexity index is 816. The summed E-state index contributed by atoms with van der Waals surface area (Å²) in [6, 6.07) is 15.8. The topological polar surface area (TPSA) is 49.4 Å². The molecule has 6 heteroatoms. The highest BCUT2D eigenvalue weighted by Crippen LogP contribution is 2.19. The lowest BCUT2D eigenvalue weighted by molar-refractivity contribution is -0.139. The van der Waals surface area contributed by atoms with Crippen molar-refractivity contribution >= 4 is 23.6 Å². The minimum absolute atomic E-state index is 0.0515. The number of rotatable bonds is 11. The van der Waals surface area contributed by atoms with E-state index in [1.165, 1.54) is 17.8 Å². The number of amides is 2. The third-order valence-electron chi connectivity index (χ3n) is 5.02. The second-order valence-corrected chi connectivity index (χ2v) is 8.32. The van der Waals surface area contributed by atoms with Crippen LogP contribution < -0.4 is 5.32 Å². The molecule has 0 aromatic heterocycles.